The SMILES string of the molecule is CCOc1ccc2nc(Sc3ccc(O)cc3)sc2c1. The van der Waals surface area contributed by atoms with Gasteiger partial charge in [0.15, 0.2) is 4.34 Å². The lowest BCUT2D eigenvalue weighted by molar-refractivity contribution is 0.341. The fraction of sp³-hybridized carbons (Fsp3) is 0.133. The number of phenols is 1. The van der Waals surface area contributed by atoms with Crippen molar-refractivity contribution in [3.8, 4) is 11.5 Å². The average Bonchev–Trinajstić information content (AvgIpc) is 2.83. The van der Waals surface area contributed by atoms with Crippen LogP contribution in [0.5, 0.6) is 11.5 Å². The van der Waals surface area contributed by atoms with E-state index >= 15 is 0 Å². The lowest BCUT2D eigenvalue weighted by atomic mass is 10.3. The number of hydrogen-bond acceptors (Lipinski definition) is 5. The number of ether oxygens (including phenoxy) is 1. The Kier molecular flexibility index (Phi) is 3.80. The van der Waals surface area contributed by atoms with Crippen LogP contribution in [0.25, 0.3) is 10.2 Å². The zero-order valence-electron chi connectivity index (χ0n) is 10.9. The topological polar surface area (TPSA) is 42.4 Å². The summed E-state index contributed by atoms with van der Waals surface area (Å²) in [4.78, 5) is 5.66. The fourth-order valence-corrected chi connectivity index (χ4v) is 3.87. The summed E-state index contributed by atoms with van der Waals surface area (Å²) in [7, 11) is 0. The molecule has 20 heavy (non-hydrogen) atoms. The standard InChI is InChI=1S/C15H13NO2S2/c1-2-18-11-5-8-13-14(9-11)20-15(16-13)19-12-6-3-10(17)4-7-12/h3-9,17H,2H2,1H3. The number of rotatable bonds is 4. The van der Waals surface area contributed by atoms with Crippen molar-refractivity contribution in [2.24, 2.45) is 0 Å². The van der Waals surface area contributed by atoms with Crippen LogP contribution in [0.15, 0.2) is 51.7 Å². The number of fused-ring (bicyclic) bond motifs is 1. The highest BCUT2D eigenvalue weighted by atomic mass is 32.2. The maximum Gasteiger partial charge on any atom is 0.155 e. The molecule has 3 rings (SSSR count). The molecular formula is C15H13NO2S2. The van der Waals surface area contributed by atoms with Crippen molar-refractivity contribution in [1.29, 1.82) is 0 Å². The first-order valence-corrected chi connectivity index (χ1v) is 7.88. The first-order valence-electron chi connectivity index (χ1n) is 6.25. The van der Waals surface area contributed by atoms with Crippen molar-refractivity contribution in [3.63, 3.8) is 0 Å². The van der Waals surface area contributed by atoms with Gasteiger partial charge in [-0.15, -0.1) is 11.3 Å². The molecule has 3 nitrogen and oxygen atoms in total. The molecule has 3 aromatic rings. The number of thiazole rings is 1. The molecule has 0 aliphatic heterocycles. The molecule has 0 aliphatic rings. The van der Waals surface area contributed by atoms with Crippen LogP contribution in [-0.2, 0) is 0 Å². The van der Waals surface area contributed by atoms with Crippen molar-refractivity contribution >= 4 is 33.3 Å². The van der Waals surface area contributed by atoms with Gasteiger partial charge >= 0.3 is 0 Å². The lowest BCUT2D eigenvalue weighted by Crippen LogP contribution is -1.89. The largest absolute Gasteiger partial charge is 0.508 e. The number of aromatic nitrogens is 1. The Morgan fingerprint density at radius 2 is 2.00 bits per heavy atom. The van der Waals surface area contributed by atoms with Crippen molar-refractivity contribution in [1.82, 2.24) is 4.98 Å². The summed E-state index contributed by atoms with van der Waals surface area (Å²) in [6, 6.07) is 13.1. The van der Waals surface area contributed by atoms with E-state index in [4.69, 9.17) is 4.74 Å². The van der Waals surface area contributed by atoms with E-state index in [0.717, 1.165) is 25.2 Å². The lowest BCUT2D eigenvalue weighted by Gasteiger charge is -2.00. The minimum absolute atomic E-state index is 0.278. The number of hydrogen-bond donors (Lipinski definition) is 1. The predicted octanol–water partition coefficient (Wildman–Crippen LogP) is 4.55. The summed E-state index contributed by atoms with van der Waals surface area (Å²) in [6.07, 6.45) is 0. The first-order chi connectivity index (χ1) is 9.74. The van der Waals surface area contributed by atoms with Gasteiger partial charge in [0.05, 0.1) is 16.8 Å². The van der Waals surface area contributed by atoms with Gasteiger partial charge in [0, 0.05) is 4.90 Å². The average molecular weight is 303 g/mol. The fourth-order valence-electron chi connectivity index (χ4n) is 1.80. The Labute approximate surface area is 125 Å². The van der Waals surface area contributed by atoms with E-state index in [1.807, 2.05) is 37.3 Å². The molecule has 0 fully saturated rings. The molecule has 0 radical (unpaired) electrons. The summed E-state index contributed by atoms with van der Waals surface area (Å²) in [5, 5.41) is 9.28. The van der Waals surface area contributed by atoms with Gasteiger partial charge in [-0.25, -0.2) is 4.98 Å². The Hall–Kier alpha value is -1.72. The number of benzene rings is 2. The van der Waals surface area contributed by atoms with Crippen molar-refractivity contribution < 1.29 is 9.84 Å². The summed E-state index contributed by atoms with van der Waals surface area (Å²) in [5.74, 6) is 1.16. The van der Waals surface area contributed by atoms with E-state index in [1.54, 1.807) is 35.2 Å². The molecule has 102 valence electrons. The molecule has 0 spiro atoms. The summed E-state index contributed by atoms with van der Waals surface area (Å²) < 4.78 is 7.61. The monoisotopic (exact) mass is 303 g/mol. The van der Waals surface area contributed by atoms with Gasteiger partial charge < -0.3 is 9.84 Å². The number of nitrogens with zero attached hydrogens (tertiary/aromatic N) is 1. The van der Waals surface area contributed by atoms with Gasteiger partial charge in [-0.1, -0.05) is 11.8 Å². The van der Waals surface area contributed by atoms with Crippen LogP contribution in [0.2, 0.25) is 0 Å². The van der Waals surface area contributed by atoms with E-state index < -0.39 is 0 Å². The Morgan fingerprint density at radius 1 is 1.20 bits per heavy atom. The van der Waals surface area contributed by atoms with Crippen LogP contribution >= 0.6 is 23.1 Å². The van der Waals surface area contributed by atoms with Crippen molar-refractivity contribution in [3.05, 3.63) is 42.5 Å². The highest BCUT2D eigenvalue weighted by Gasteiger charge is 2.07. The molecule has 1 heterocycles. The molecular weight excluding hydrogens is 290 g/mol. The Balaban J connectivity index is 1.86. The van der Waals surface area contributed by atoms with Gasteiger partial charge in [-0.05, 0) is 49.4 Å². The summed E-state index contributed by atoms with van der Waals surface area (Å²) in [5.41, 5.74) is 0.986. The van der Waals surface area contributed by atoms with Gasteiger partial charge in [-0.2, -0.15) is 0 Å². The van der Waals surface area contributed by atoms with Crippen LogP contribution in [0.4, 0.5) is 0 Å². The molecule has 5 heteroatoms. The molecule has 0 atom stereocenters. The van der Waals surface area contributed by atoms with E-state index in [1.165, 1.54) is 0 Å². The molecule has 2 aromatic carbocycles. The zero-order chi connectivity index (χ0) is 13.9. The third-order valence-corrected chi connectivity index (χ3v) is 4.78. The number of phenolic OH excluding ortho intramolecular Hbond substituents is 1. The molecule has 0 saturated heterocycles. The van der Waals surface area contributed by atoms with E-state index in [0.29, 0.717) is 6.61 Å². The van der Waals surface area contributed by atoms with Gasteiger partial charge in [-0.3, -0.25) is 0 Å². The highest BCUT2D eigenvalue weighted by molar-refractivity contribution is 8.01. The Bertz CT molecular complexity index is 722. The van der Waals surface area contributed by atoms with Crippen LogP contribution < -0.4 is 4.74 Å². The van der Waals surface area contributed by atoms with E-state index in [-0.39, 0.29) is 5.75 Å². The van der Waals surface area contributed by atoms with Crippen molar-refractivity contribution in [2.45, 2.75) is 16.2 Å². The molecule has 0 amide bonds. The molecule has 0 unspecified atom stereocenters. The first kappa shape index (κ1) is 13.3. The second kappa shape index (κ2) is 5.73. The predicted molar refractivity (Wildman–Crippen MR) is 83.0 cm³/mol. The van der Waals surface area contributed by atoms with Crippen LogP contribution in [0.3, 0.4) is 0 Å². The summed E-state index contributed by atoms with van der Waals surface area (Å²) in [6.45, 7) is 2.64. The number of aromatic hydroxyl groups is 1. The minimum atomic E-state index is 0.278. The van der Waals surface area contributed by atoms with E-state index in [2.05, 4.69) is 4.98 Å². The molecule has 0 saturated carbocycles. The quantitative estimate of drug-likeness (QED) is 0.767. The Morgan fingerprint density at radius 3 is 2.75 bits per heavy atom. The third kappa shape index (κ3) is 2.89. The molecule has 0 bridgehead atoms. The molecule has 1 aromatic heterocycles. The zero-order valence-corrected chi connectivity index (χ0v) is 12.5. The molecule has 0 aliphatic carbocycles. The maximum absolute atomic E-state index is 9.28. The highest BCUT2D eigenvalue weighted by Crippen LogP contribution is 2.36. The third-order valence-electron chi connectivity index (χ3n) is 2.69. The second-order valence-electron chi connectivity index (χ2n) is 4.14. The second-order valence-corrected chi connectivity index (χ2v) is 6.49. The van der Waals surface area contributed by atoms with Crippen LogP contribution in [0, 0.1) is 0 Å². The minimum Gasteiger partial charge on any atom is -0.508 e. The van der Waals surface area contributed by atoms with Crippen molar-refractivity contribution in [2.75, 3.05) is 6.61 Å². The smallest absolute Gasteiger partial charge is 0.155 e. The van der Waals surface area contributed by atoms with Crippen LogP contribution in [-0.4, -0.2) is 16.7 Å². The van der Waals surface area contributed by atoms with Gasteiger partial charge in [0.25, 0.3) is 0 Å². The van der Waals surface area contributed by atoms with Crippen LogP contribution in [0.1, 0.15) is 6.92 Å². The molecule has 1 N–H and O–H groups in total. The van der Waals surface area contributed by atoms with Gasteiger partial charge in [0.2, 0.25) is 0 Å². The normalized spacial score (nSPS) is 10.8. The maximum atomic E-state index is 9.28. The summed E-state index contributed by atoms with van der Waals surface area (Å²) >= 11 is 3.24. The van der Waals surface area contributed by atoms with Gasteiger partial charge in [0.1, 0.15) is 11.5 Å². The van der Waals surface area contributed by atoms with E-state index in [9.17, 15) is 5.11 Å².